The summed E-state index contributed by atoms with van der Waals surface area (Å²) >= 11 is 0. The number of carbonyl (C=O) groups excluding carboxylic acids is 1. The van der Waals surface area contributed by atoms with Crippen molar-refractivity contribution in [1.82, 2.24) is 15.1 Å². The fourth-order valence-corrected chi connectivity index (χ4v) is 2.92. The quantitative estimate of drug-likeness (QED) is 0.769. The van der Waals surface area contributed by atoms with Crippen molar-refractivity contribution in [3.63, 3.8) is 0 Å². The van der Waals surface area contributed by atoms with Gasteiger partial charge in [-0.05, 0) is 19.8 Å². The normalized spacial score (nSPS) is 29.2. The molecule has 0 saturated carbocycles. The molecule has 2 atom stereocenters. The number of rotatable bonds is 6. The van der Waals surface area contributed by atoms with Gasteiger partial charge in [0.15, 0.2) is 0 Å². The maximum absolute atomic E-state index is 12.1. The third-order valence-corrected chi connectivity index (χ3v) is 4.01. The van der Waals surface area contributed by atoms with Crippen molar-refractivity contribution >= 4 is 5.91 Å². The molecule has 0 aromatic carbocycles. The highest BCUT2D eigenvalue weighted by atomic mass is 16.5. The van der Waals surface area contributed by atoms with Crippen molar-refractivity contribution < 1.29 is 9.53 Å². The highest BCUT2D eigenvalue weighted by molar-refractivity contribution is 5.83. The number of hydrogen-bond donors (Lipinski definition) is 1. The molecule has 19 heavy (non-hydrogen) atoms. The zero-order chi connectivity index (χ0) is 13.7. The molecule has 1 amide bonds. The summed E-state index contributed by atoms with van der Waals surface area (Å²) in [5.41, 5.74) is 0. The number of ether oxygens (including phenoxy) is 1. The molecule has 0 aliphatic carbocycles. The number of hydrogen-bond acceptors (Lipinski definition) is 4. The average Bonchev–Trinajstić information content (AvgIpc) is 2.68. The summed E-state index contributed by atoms with van der Waals surface area (Å²) < 4.78 is 5.34. The van der Waals surface area contributed by atoms with Gasteiger partial charge in [0.2, 0.25) is 5.91 Å². The van der Waals surface area contributed by atoms with Crippen LogP contribution in [0.3, 0.4) is 0 Å². The van der Waals surface area contributed by atoms with Gasteiger partial charge >= 0.3 is 0 Å². The van der Waals surface area contributed by atoms with Gasteiger partial charge in [0.05, 0.1) is 25.4 Å². The standard InChI is InChI=1S/C14H27N3O2/c1-3-5-13-15-12(2)14(18)17(13)7-4-6-16-8-10-19-11-9-16/h12-13,15H,3-11H2,1-2H3. The highest BCUT2D eigenvalue weighted by Gasteiger charge is 2.34. The molecule has 2 rings (SSSR count). The van der Waals surface area contributed by atoms with Gasteiger partial charge in [0.25, 0.3) is 0 Å². The Kier molecular flexibility index (Phi) is 5.60. The van der Waals surface area contributed by atoms with Gasteiger partial charge in [-0.2, -0.15) is 0 Å². The lowest BCUT2D eigenvalue weighted by Gasteiger charge is -2.28. The third-order valence-electron chi connectivity index (χ3n) is 4.01. The van der Waals surface area contributed by atoms with Crippen LogP contribution in [0.2, 0.25) is 0 Å². The monoisotopic (exact) mass is 269 g/mol. The Morgan fingerprint density at radius 2 is 2.05 bits per heavy atom. The van der Waals surface area contributed by atoms with Crippen molar-refractivity contribution in [2.75, 3.05) is 39.4 Å². The van der Waals surface area contributed by atoms with E-state index >= 15 is 0 Å². The largest absolute Gasteiger partial charge is 0.379 e. The van der Waals surface area contributed by atoms with Crippen LogP contribution >= 0.6 is 0 Å². The predicted octanol–water partition coefficient (Wildman–Crippen LogP) is 0.655. The van der Waals surface area contributed by atoms with E-state index in [4.69, 9.17) is 4.74 Å². The third kappa shape index (κ3) is 3.91. The van der Waals surface area contributed by atoms with E-state index in [-0.39, 0.29) is 18.1 Å². The molecule has 2 saturated heterocycles. The van der Waals surface area contributed by atoms with E-state index in [1.54, 1.807) is 0 Å². The summed E-state index contributed by atoms with van der Waals surface area (Å²) in [6.07, 6.45) is 3.46. The molecule has 5 heteroatoms. The van der Waals surface area contributed by atoms with Crippen LogP contribution < -0.4 is 5.32 Å². The second-order valence-corrected chi connectivity index (χ2v) is 5.53. The molecule has 0 aromatic rings. The molecule has 0 bridgehead atoms. The van der Waals surface area contributed by atoms with Gasteiger partial charge < -0.3 is 9.64 Å². The van der Waals surface area contributed by atoms with Gasteiger partial charge in [0, 0.05) is 26.2 Å². The molecule has 0 spiro atoms. The van der Waals surface area contributed by atoms with E-state index in [0.29, 0.717) is 0 Å². The zero-order valence-corrected chi connectivity index (χ0v) is 12.2. The first-order chi connectivity index (χ1) is 9.22. The van der Waals surface area contributed by atoms with Gasteiger partial charge in [-0.25, -0.2) is 0 Å². The first-order valence-electron chi connectivity index (χ1n) is 7.59. The van der Waals surface area contributed by atoms with Gasteiger partial charge in [-0.15, -0.1) is 0 Å². The second kappa shape index (κ2) is 7.22. The topological polar surface area (TPSA) is 44.8 Å². The van der Waals surface area contributed by atoms with E-state index in [9.17, 15) is 4.79 Å². The fourth-order valence-electron chi connectivity index (χ4n) is 2.92. The van der Waals surface area contributed by atoms with Crippen molar-refractivity contribution in [2.45, 2.75) is 45.3 Å². The maximum atomic E-state index is 12.1. The number of carbonyl (C=O) groups is 1. The Morgan fingerprint density at radius 3 is 2.74 bits per heavy atom. The lowest BCUT2D eigenvalue weighted by atomic mass is 10.2. The average molecular weight is 269 g/mol. The van der Waals surface area contributed by atoms with Crippen LogP contribution in [-0.4, -0.2) is 67.3 Å². The van der Waals surface area contributed by atoms with Gasteiger partial charge in [-0.3, -0.25) is 15.0 Å². The predicted molar refractivity (Wildman–Crippen MR) is 74.9 cm³/mol. The first-order valence-corrected chi connectivity index (χ1v) is 7.59. The fraction of sp³-hybridized carbons (Fsp3) is 0.929. The Balaban J connectivity index is 1.74. The number of morpholine rings is 1. The summed E-state index contributed by atoms with van der Waals surface area (Å²) in [5, 5.41) is 3.39. The van der Waals surface area contributed by atoms with Crippen LogP contribution in [0.1, 0.15) is 33.1 Å². The van der Waals surface area contributed by atoms with E-state index in [0.717, 1.165) is 58.7 Å². The van der Waals surface area contributed by atoms with Gasteiger partial charge in [-0.1, -0.05) is 13.3 Å². The molecule has 5 nitrogen and oxygen atoms in total. The van der Waals surface area contributed by atoms with Crippen LogP contribution in [0.4, 0.5) is 0 Å². The van der Waals surface area contributed by atoms with Crippen LogP contribution in [0.5, 0.6) is 0 Å². The minimum atomic E-state index is -0.0139. The molecule has 0 aromatic heterocycles. The van der Waals surface area contributed by atoms with Crippen LogP contribution in [0, 0.1) is 0 Å². The number of nitrogens with one attached hydrogen (secondary N) is 1. The van der Waals surface area contributed by atoms with E-state index in [2.05, 4.69) is 17.1 Å². The summed E-state index contributed by atoms with van der Waals surface area (Å²) in [6, 6.07) is -0.0139. The van der Waals surface area contributed by atoms with Crippen LogP contribution in [0.15, 0.2) is 0 Å². The Labute approximate surface area is 116 Å². The van der Waals surface area contributed by atoms with Crippen molar-refractivity contribution in [3.05, 3.63) is 0 Å². The molecule has 2 aliphatic rings. The molecule has 2 unspecified atom stereocenters. The molecule has 2 heterocycles. The van der Waals surface area contributed by atoms with Crippen LogP contribution in [-0.2, 0) is 9.53 Å². The molecular formula is C14H27N3O2. The SMILES string of the molecule is CCCC1NC(C)C(=O)N1CCCN1CCOCC1. The lowest BCUT2D eigenvalue weighted by Crippen LogP contribution is -2.41. The molecule has 2 aliphatic heterocycles. The Hall–Kier alpha value is -0.650. The van der Waals surface area contributed by atoms with Crippen molar-refractivity contribution in [2.24, 2.45) is 0 Å². The summed E-state index contributed by atoms with van der Waals surface area (Å²) in [7, 11) is 0. The van der Waals surface area contributed by atoms with E-state index in [1.165, 1.54) is 0 Å². The number of amides is 1. The minimum absolute atomic E-state index is 0.0139. The smallest absolute Gasteiger partial charge is 0.240 e. The molecule has 1 N–H and O–H groups in total. The van der Waals surface area contributed by atoms with E-state index < -0.39 is 0 Å². The summed E-state index contributed by atoms with van der Waals surface area (Å²) in [4.78, 5) is 16.6. The molecule has 110 valence electrons. The summed E-state index contributed by atoms with van der Waals surface area (Å²) in [5.74, 6) is 0.264. The lowest BCUT2D eigenvalue weighted by molar-refractivity contribution is -0.129. The first kappa shape index (κ1) is 14.8. The van der Waals surface area contributed by atoms with E-state index in [1.807, 2.05) is 11.8 Å². The molecule has 0 radical (unpaired) electrons. The highest BCUT2D eigenvalue weighted by Crippen LogP contribution is 2.15. The Morgan fingerprint density at radius 1 is 1.32 bits per heavy atom. The van der Waals surface area contributed by atoms with Gasteiger partial charge in [0.1, 0.15) is 0 Å². The molecule has 2 fully saturated rings. The minimum Gasteiger partial charge on any atom is -0.379 e. The molecular weight excluding hydrogens is 242 g/mol. The van der Waals surface area contributed by atoms with Crippen LogP contribution in [0.25, 0.3) is 0 Å². The summed E-state index contributed by atoms with van der Waals surface area (Å²) in [6.45, 7) is 9.83. The number of nitrogens with zero attached hydrogens (tertiary/aromatic N) is 2. The van der Waals surface area contributed by atoms with Crippen molar-refractivity contribution in [3.8, 4) is 0 Å². The van der Waals surface area contributed by atoms with Crippen molar-refractivity contribution in [1.29, 1.82) is 0 Å². The second-order valence-electron chi connectivity index (χ2n) is 5.53. The maximum Gasteiger partial charge on any atom is 0.240 e. The Bertz CT molecular complexity index is 292. The zero-order valence-electron chi connectivity index (χ0n) is 12.2.